The second kappa shape index (κ2) is 8.43. The number of nitrogens with one attached hydrogen (secondary N) is 1. The molecule has 1 saturated heterocycles. The molecule has 4 aromatic rings. The minimum atomic E-state index is -0.141. The highest BCUT2D eigenvalue weighted by Crippen LogP contribution is 2.30. The Kier molecular flexibility index (Phi) is 5.52. The highest BCUT2D eigenvalue weighted by molar-refractivity contribution is 7.11. The van der Waals surface area contributed by atoms with Crippen molar-refractivity contribution < 1.29 is 5.11 Å². The fraction of sp³-hybridized carbons (Fsp3) is 0.318. The largest absolute Gasteiger partial charge is 0.393 e. The van der Waals surface area contributed by atoms with Gasteiger partial charge in [0.05, 0.1) is 27.3 Å². The molecule has 0 atom stereocenters. The van der Waals surface area contributed by atoms with E-state index in [0.717, 1.165) is 65.3 Å². The van der Waals surface area contributed by atoms with Crippen molar-refractivity contribution in [1.29, 1.82) is 0 Å². The van der Waals surface area contributed by atoms with Gasteiger partial charge in [-0.05, 0) is 37.1 Å². The highest BCUT2D eigenvalue weighted by atomic mass is 35.5. The van der Waals surface area contributed by atoms with Crippen LogP contribution in [0.1, 0.15) is 28.4 Å². The van der Waals surface area contributed by atoms with Crippen LogP contribution in [-0.2, 0) is 13.0 Å². The van der Waals surface area contributed by atoms with E-state index in [4.69, 9.17) is 11.6 Å². The van der Waals surface area contributed by atoms with Gasteiger partial charge in [0.25, 0.3) is 0 Å². The first-order valence-electron chi connectivity index (χ1n) is 10.1. The van der Waals surface area contributed by atoms with Gasteiger partial charge in [-0.1, -0.05) is 17.7 Å². The molecule has 0 unspecified atom stereocenters. The number of halogens is 1. The van der Waals surface area contributed by atoms with Gasteiger partial charge in [-0.3, -0.25) is 15.0 Å². The molecular weight excluding hydrogens is 418 g/mol. The summed E-state index contributed by atoms with van der Waals surface area (Å²) < 4.78 is 0. The topological polar surface area (TPSA) is 77.9 Å². The summed E-state index contributed by atoms with van der Waals surface area (Å²) in [7, 11) is 0. The number of piperidine rings is 1. The Morgan fingerprint density at radius 2 is 2.07 bits per heavy atom. The molecule has 0 amide bonds. The molecule has 1 aliphatic heterocycles. The average molecular weight is 440 g/mol. The molecule has 2 N–H and O–H groups in total. The smallest absolute Gasteiger partial charge is 0.0987 e. The number of pyridine rings is 1. The predicted octanol–water partition coefficient (Wildman–Crippen LogP) is 4.28. The van der Waals surface area contributed by atoms with Crippen LogP contribution in [0.4, 0.5) is 0 Å². The van der Waals surface area contributed by atoms with E-state index in [-0.39, 0.29) is 6.10 Å². The third kappa shape index (κ3) is 4.11. The second-order valence-corrected chi connectivity index (χ2v) is 9.28. The molecule has 0 spiro atoms. The maximum atomic E-state index is 9.68. The maximum absolute atomic E-state index is 9.68. The van der Waals surface area contributed by atoms with E-state index in [0.29, 0.717) is 11.4 Å². The van der Waals surface area contributed by atoms with E-state index in [9.17, 15) is 5.11 Å². The van der Waals surface area contributed by atoms with Gasteiger partial charge in [-0.25, -0.2) is 4.98 Å². The zero-order valence-corrected chi connectivity index (χ0v) is 18.0. The number of benzene rings is 1. The summed E-state index contributed by atoms with van der Waals surface area (Å²) >= 11 is 8.07. The number of aromatic nitrogens is 4. The van der Waals surface area contributed by atoms with Crippen molar-refractivity contribution in [3.63, 3.8) is 0 Å². The average Bonchev–Trinajstić information content (AvgIpc) is 3.37. The van der Waals surface area contributed by atoms with E-state index >= 15 is 0 Å². The minimum Gasteiger partial charge on any atom is -0.393 e. The number of aromatic amines is 1. The van der Waals surface area contributed by atoms with Crippen molar-refractivity contribution in [3.05, 3.63) is 63.3 Å². The van der Waals surface area contributed by atoms with Crippen LogP contribution in [0.2, 0.25) is 5.02 Å². The van der Waals surface area contributed by atoms with Gasteiger partial charge >= 0.3 is 0 Å². The molecule has 154 valence electrons. The molecule has 0 bridgehead atoms. The van der Waals surface area contributed by atoms with Gasteiger partial charge < -0.3 is 5.11 Å². The predicted molar refractivity (Wildman–Crippen MR) is 120 cm³/mol. The molecule has 0 saturated carbocycles. The molecule has 1 fully saturated rings. The Balaban J connectivity index is 1.35. The van der Waals surface area contributed by atoms with E-state index < -0.39 is 0 Å². The molecular formula is C22H22ClN5OS. The summed E-state index contributed by atoms with van der Waals surface area (Å²) in [4.78, 5) is 12.7. The quantitative estimate of drug-likeness (QED) is 0.485. The molecule has 8 heteroatoms. The zero-order chi connectivity index (χ0) is 20.5. The van der Waals surface area contributed by atoms with Gasteiger partial charge in [0.2, 0.25) is 0 Å². The first kappa shape index (κ1) is 19.6. The Labute approximate surface area is 183 Å². The van der Waals surface area contributed by atoms with Gasteiger partial charge in [-0.2, -0.15) is 5.10 Å². The van der Waals surface area contributed by atoms with Gasteiger partial charge in [0, 0.05) is 60.0 Å². The van der Waals surface area contributed by atoms with Gasteiger partial charge in [0.15, 0.2) is 0 Å². The monoisotopic (exact) mass is 439 g/mol. The van der Waals surface area contributed by atoms with Crippen LogP contribution < -0.4 is 0 Å². The standard InChI is InChI=1S/C22H22ClN5OS/c23-18-2-1-7-24-22(18)14-3-4-19-17(10-14)20(27-26-19)11-21-25-12-16(30-21)13-28-8-5-15(29)6-9-28/h1-4,7,10,12,15,29H,5-6,8-9,11,13H2,(H,26,27). The first-order valence-corrected chi connectivity index (χ1v) is 11.3. The molecule has 5 rings (SSSR count). The maximum Gasteiger partial charge on any atom is 0.0987 e. The summed E-state index contributed by atoms with van der Waals surface area (Å²) in [6.07, 6.45) is 6.00. The number of aliphatic hydroxyl groups is 1. The number of nitrogens with zero attached hydrogens (tertiary/aromatic N) is 4. The van der Waals surface area contributed by atoms with E-state index in [2.05, 4.69) is 31.1 Å². The van der Waals surface area contributed by atoms with Crippen molar-refractivity contribution in [2.45, 2.75) is 31.9 Å². The van der Waals surface area contributed by atoms with E-state index in [1.165, 1.54) is 4.88 Å². The molecule has 6 nitrogen and oxygen atoms in total. The lowest BCUT2D eigenvalue weighted by atomic mass is 10.1. The third-order valence-corrected chi connectivity index (χ3v) is 6.82. The molecule has 0 aliphatic carbocycles. The number of likely N-dealkylation sites (tertiary alicyclic amines) is 1. The van der Waals surface area contributed by atoms with E-state index in [1.807, 2.05) is 30.5 Å². The number of hydrogen-bond donors (Lipinski definition) is 2. The Bertz CT molecular complexity index is 1170. The van der Waals surface area contributed by atoms with Crippen LogP contribution in [0.15, 0.2) is 42.7 Å². The third-order valence-electron chi connectivity index (χ3n) is 5.53. The summed E-state index contributed by atoms with van der Waals surface area (Å²) in [5.41, 5.74) is 3.71. The van der Waals surface area contributed by atoms with E-state index in [1.54, 1.807) is 17.5 Å². The highest BCUT2D eigenvalue weighted by Gasteiger charge is 2.18. The second-order valence-electron chi connectivity index (χ2n) is 7.67. The number of thiazole rings is 1. The lowest BCUT2D eigenvalue weighted by molar-refractivity contribution is 0.0797. The molecule has 0 radical (unpaired) electrons. The molecule has 1 aromatic carbocycles. The normalized spacial score (nSPS) is 15.8. The van der Waals surface area contributed by atoms with Crippen LogP contribution in [0, 0.1) is 0 Å². The Morgan fingerprint density at radius 1 is 1.20 bits per heavy atom. The Hall–Kier alpha value is -2.32. The van der Waals surface area contributed by atoms with Crippen molar-refractivity contribution in [2.24, 2.45) is 0 Å². The van der Waals surface area contributed by atoms with Crippen LogP contribution in [0.5, 0.6) is 0 Å². The molecule has 3 aromatic heterocycles. The van der Waals surface area contributed by atoms with Crippen LogP contribution in [-0.4, -0.2) is 49.4 Å². The fourth-order valence-corrected chi connectivity index (χ4v) is 5.10. The zero-order valence-electron chi connectivity index (χ0n) is 16.4. The number of fused-ring (bicyclic) bond motifs is 1. The van der Waals surface area contributed by atoms with Crippen molar-refractivity contribution in [1.82, 2.24) is 25.1 Å². The summed E-state index contributed by atoms with van der Waals surface area (Å²) in [5, 5.41) is 20.1. The lowest BCUT2D eigenvalue weighted by Crippen LogP contribution is -2.35. The number of H-pyrrole nitrogens is 1. The lowest BCUT2D eigenvalue weighted by Gasteiger charge is -2.28. The Morgan fingerprint density at radius 3 is 2.90 bits per heavy atom. The van der Waals surface area contributed by atoms with Crippen molar-refractivity contribution in [3.8, 4) is 11.3 Å². The molecule has 4 heterocycles. The molecule has 1 aliphatic rings. The number of aliphatic hydroxyl groups excluding tert-OH is 1. The summed E-state index contributed by atoms with van der Waals surface area (Å²) in [6.45, 7) is 2.79. The first-order chi connectivity index (χ1) is 14.7. The molecule has 30 heavy (non-hydrogen) atoms. The van der Waals surface area contributed by atoms with Gasteiger partial charge in [0.1, 0.15) is 0 Å². The fourth-order valence-electron chi connectivity index (χ4n) is 3.90. The summed E-state index contributed by atoms with van der Waals surface area (Å²) in [5.74, 6) is 0. The van der Waals surface area contributed by atoms with Crippen LogP contribution >= 0.6 is 22.9 Å². The summed E-state index contributed by atoms with van der Waals surface area (Å²) in [6, 6.07) is 9.77. The van der Waals surface area contributed by atoms with Crippen LogP contribution in [0.3, 0.4) is 0 Å². The number of hydrogen-bond acceptors (Lipinski definition) is 6. The van der Waals surface area contributed by atoms with Gasteiger partial charge in [-0.15, -0.1) is 11.3 Å². The SMILES string of the molecule is OC1CCN(Cc2cnc(Cc3[nH]nc4ccc(-c5ncccc5Cl)cc34)s2)CC1. The number of rotatable bonds is 5. The van der Waals surface area contributed by atoms with Crippen molar-refractivity contribution in [2.75, 3.05) is 13.1 Å². The van der Waals surface area contributed by atoms with Crippen molar-refractivity contribution >= 4 is 33.8 Å². The van der Waals surface area contributed by atoms with Crippen LogP contribution in [0.25, 0.3) is 22.2 Å². The minimum absolute atomic E-state index is 0.141.